The summed E-state index contributed by atoms with van der Waals surface area (Å²) in [6.07, 6.45) is 0. The highest BCUT2D eigenvalue weighted by Gasteiger charge is 2.17. The average molecular weight is 442 g/mol. The first-order valence-electron chi connectivity index (χ1n) is 7.57. The number of rotatable bonds is 5. The van der Waals surface area contributed by atoms with Crippen molar-refractivity contribution < 1.29 is 17.9 Å². The minimum Gasteiger partial charge on any atom is -0.456 e. The highest BCUT2D eigenvalue weighted by molar-refractivity contribution is 8.13. The van der Waals surface area contributed by atoms with Crippen molar-refractivity contribution in [1.82, 2.24) is 0 Å². The van der Waals surface area contributed by atoms with Crippen molar-refractivity contribution in [3.63, 3.8) is 0 Å². The van der Waals surface area contributed by atoms with Crippen molar-refractivity contribution in [2.24, 2.45) is 0 Å². The topological polar surface area (TPSA) is 60.4 Å². The summed E-state index contributed by atoms with van der Waals surface area (Å²) in [7, 11) is 1.46. The van der Waals surface area contributed by atoms with E-state index in [0.717, 1.165) is 0 Å². The van der Waals surface area contributed by atoms with E-state index >= 15 is 0 Å². The number of benzene rings is 3. The molecule has 0 aliphatic rings. The van der Waals surface area contributed by atoms with Crippen LogP contribution in [0.1, 0.15) is 15.9 Å². The Balaban J connectivity index is 1.87. The van der Waals surface area contributed by atoms with Gasteiger partial charge in [0.05, 0.1) is 5.02 Å². The van der Waals surface area contributed by atoms with Crippen LogP contribution in [0.5, 0.6) is 11.5 Å². The van der Waals surface area contributed by atoms with Gasteiger partial charge in [-0.2, -0.15) is 0 Å². The van der Waals surface area contributed by atoms with E-state index in [-0.39, 0.29) is 22.0 Å². The zero-order valence-corrected chi connectivity index (χ0v) is 16.6. The monoisotopic (exact) mass is 440 g/mol. The number of carbonyl (C=O) groups excluding carboxylic acids is 1. The quantitative estimate of drug-likeness (QED) is 0.363. The van der Waals surface area contributed by atoms with Crippen LogP contribution in [0.15, 0.2) is 71.6 Å². The molecule has 3 rings (SSSR count). The molecule has 0 atom stereocenters. The van der Waals surface area contributed by atoms with Gasteiger partial charge in [0.25, 0.3) is 9.05 Å². The van der Waals surface area contributed by atoms with Crippen molar-refractivity contribution in [2.75, 3.05) is 0 Å². The summed E-state index contributed by atoms with van der Waals surface area (Å²) in [6, 6.07) is 16.8. The summed E-state index contributed by atoms with van der Waals surface area (Å²) in [5.74, 6) is 0.138. The lowest BCUT2D eigenvalue weighted by atomic mass is 10.0. The molecule has 0 bridgehead atoms. The zero-order valence-electron chi connectivity index (χ0n) is 13.5. The largest absolute Gasteiger partial charge is 0.456 e. The third kappa shape index (κ3) is 4.62. The minimum absolute atomic E-state index is 0.0875. The van der Waals surface area contributed by atoms with E-state index in [2.05, 4.69) is 0 Å². The van der Waals surface area contributed by atoms with Crippen LogP contribution in [-0.4, -0.2) is 14.2 Å². The van der Waals surface area contributed by atoms with E-state index in [1.807, 2.05) is 0 Å². The van der Waals surface area contributed by atoms with Gasteiger partial charge in [-0.3, -0.25) is 4.79 Å². The molecule has 0 radical (unpaired) electrons. The van der Waals surface area contributed by atoms with Gasteiger partial charge in [0, 0.05) is 26.8 Å². The average Bonchev–Trinajstić information content (AvgIpc) is 2.63. The molecule has 0 heterocycles. The van der Waals surface area contributed by atoms with Crippen LogP contribution in [0.25, 0.3) is 0 Å². The Hall–Kier alpha value is -2.05. The molecule has 0 N–H and O–H groups in total. The molecule has 0 amide bonds. The predicted molar refractivity (Wildman–Crippen MR) is 106 cm³/mol. The van der Waals surface area contributed by atoms with E-state index in [1.54, 1.807) is 48.5 Å². The Labute approximate surface area is 170 Å². The van der Waals surface area contributed by atoms with Crippen LogP contribution >= 0.6 is 33.9 Å². The molecular formula is C19H11Cl3O4S. The van der Waals surface area contributed by atoms with E-state index in [4.69, 9.17) is 38.6 Å². The van der Waals surface area contributed by atoms with E-state index < -0.39 is 9.05 Å². The van der Waals surface area contributed by atoms with Crippen LogP contribution in [0.3, 0.4) is 0 Å². The smallest absolute Gasteiger partial charge is 0.265 e. The number of hydrogen-bond acceptors (Lipinski definition) is 4. The summed E-state index contributed by atoms with van der Waals surface area (Å²) >= 11 is 12.0. The number of ether oxygens (including phenoxy) is 1. The second-order valence-corrected chi connectivity index (χ2v) is 8.84. The molecule has 8 heteroatoms. The first-order valence-corrected chi connectivity index (χ1v) is 10.6. The van der Waals surface area contributed by atoms with Crippen LogP contribution in [0.2, 0.25) is 10.0 Å². The lowest BCUT2D eigenvalue weighted by Crippen LogP contribution is -2.02. The van der Waals surface area contributed by atoms with Gasteiger partial charge in [0.2, 0.25) is 0 Å². The molecule has 0 aliphatic carbocycles. The minimum atomic E-state index is -3.95. The van der Waals surface area contributed by atoms with E-state index in [1.165, 1.54) is 18.2 Å². The zero-order chi connectivity index (χ0) is 19.6. The summed E-state index contributed by atoms with van der Waals surface area (Å²) in [4.78, 5) is 12.5. The highest BCUT2D eigenvalue weighted by atomic mass is 35.7. The standard InChI is InChI=1S/C19H11Cl3O4S/c20-13-7-10-16(21)15(11-13)19(23)12-5-8-14(9-6-12)26-17-3-1-2-4-18(17)27(22,24)25/h1-11H. The Bertz CT molecular complexity index is 1110. The molecule has 0 fully saturated rings. The lowest BCUT2D eigenvalue weighted by molar-refractivity contribution is 0.103. The second-order valence-electron chi connectivity index (χ2n) is 5.46. The Morgan fingerprint density at radius 3 is 2.22 bits per heavy atom. The van der Waals surface area contributed by atoms with Gasteiger partial charge in [0.1, 0.15) is 16.4 Å². The maximum absolute atomic E-state index is 12.6. The molecule has 27 heavy (non-hydrogen) atoms. The molecule has 0 saturated carbocycles. The molecule has 0 saturated heterocycles. The van der Waals surface area contributed by atoms with Gasteiger partial charge >= 0.3 is 0 Å². The molecule has 138 valence electrons. The Morgan fingerprint density at radius 1 is 0.889 bits per heavy atom. The molecule has 0 unspecified atom stereocenters. The van der Waals surface area contributed by atoms with Crippen LogP contribution in [0, 0.1) is 0 Å². The summed E-state index contributed by atoms with van der Waals surface area (Å²) in [5, 5.41) is 0.701. The third-order valence-corrected chi connectivity index (χ3v) is 5.56. The van der Waals surface area contributed by atoms with Crippen molar-refractivity contribution in [1.29, 1.82) is 0 Å². The molecule has 4 nitrogen and oxygen atoms in total. The molecule has 0 aromatic heterocycles. The van der Waals surface area contributed by atoms with Gasteiger partial charge in [-0.05, 0) is 54.6 Å². The molecule has 0 spiro atoms. The summed E-state index contributed by atoms with van der Waals surface area (Å²) < 4.78 is 28.8. The van der Waals surface area contributed by atoms with Gasteiger partial charge in [-0.25, -0.2) is 8.42 Å². The number of halogens is 3. The SMILES string of the molecule is O=C(c1ccc(Oc2ccccc2S(=O)(=O)Cl)cc1)c1cc(Cl)ccc1Cl. The fraction of sp³-hybridized carbons (Fsp3) is 0. The van der Waals surface area contributed by atoms with Crippen molar-refractivity contribution in [3.05, 3.63) is 87.9 Å². The normalized spacial score (nSPS) is 11.2. The highest BCUT2D eigenvalue weighted by Crippen LogP contribution is 2.31. The third-order valence-electron chi connectivity index (χ3n) is 3.63. The molecule has 3 aromatic rings. The van der Waals surface area contributed by atoms with Crippen LogP contribution in [0.4, 0.5) is 0 Å². The molecular weight excluding hydrogens is 431 g/mol. The van der Waals surface area contributed by atoms with Gasteiger partial charge in [0.15, 0.2) is 5.78 Å². The fourth-order valence-electron chi connectivity index (χ4n) is 2.36. The number of para-hydroxylation sites is 1. The first kappa shape index (κ1) is 19.7. The van der Waals surface area contributed by atoms with E-state index in [9.17, 15) is 13.2 Å². The van der Waals surface area contributed by atoms with Crippen molar-refractivity contribution in [3.8, 4) is 11.5 Å². The summed E-state index contributed by atoms with van der Waals surface area (Å²) in [6.45, 7) is 0. The second kappa shape index (κ2) is 7.90. The Kier molecular flexibility index (Phi) is 5.77. The van der Waals surface area contributed by atoms with Gasteiger partial charge < -0.3 is 4.74 Å². The van der Waals surface area contributed by atoms with E-state index in [0.29, 0.717) is 21.4 Å². The fourth-order valence-corrected chi connectivity index (χ4v) is 3.71. The number of hydrogen-bond donors (Lipinski definition) is 0. The van der Waals surface area contributed by atoms with Gasteiger partial charge in [-0.1, -0.05) is 35.3 Å². The maximum atomic E-state index is 12.6. The van der Waals surface area contributed by atoms with Crippen LogP contribution in [-0.2, 0) is 9.05 Å². The lowest BCUT2D eigenvalue weighted by Gasteiger charge is -2.10. The number of ketones is 1. The summed E-state index contributed by atoms with van der Waals surface area (Å²) in [5.41, 5.74) is 0.668. The van der Waals surface area contributed by atoms with Crippen LogP contribution < -0.4 is 4.74 Å². The predicted octanol–water partition coefficient (Wildman–Crippen LogP) is 5.94. The Morgan fingerprint density at radius 2 is 1.56 bits per heavy atom. The van der Waals surface area contributed by atoms with Crippen molar-refractivity contribution in [2.45, 2.75) is 4.90 Å². The number of carbonyl (C=O) groups is 1. The first-order chi connectivity index (χ1) is 12.8. The van der Waals surface area contributed by atoms with Gasteiger partial charge in [-0.15, -0.1) is 0 Å². The van der Waals surface area contributed by atoms with Crippen molar-refractivity contribution >= 4 is 48.7 Å². The maximum Gasteiger partial charge on any atom is 0.265 e. The molecule has 0 aliphatic heterocycles. The molecule has 3 aromatic carbocycles.